The van der Waals surface area contributed by atoms with Crippen LogP contribution >= 0.6 is 0 Å². The number of carbonyl (C=O) groups excluding carboxylic acids is 1. The lowest BCUT2D eigenvalue weighted by atomic mass is 10.1. The van der Waals surface area contributed by atoms with Gasteiger partial charge in [-0.25, -0.2) is 0 Å². The fourth-order valence-electron chi connectivity index (χ4n) is 1.68. The van der Waals surface area contributed by atoms with Gasteiger partial charge in [0.25, 0.3) is 0 Å². The number of H-pyrrole nitrogens is 1. The molecule has 1 aromatic carbocycles. The van der Waals surface area contributed by atoms with Crippen molar-refractivity contribution in [3.63, 3.8) is 0 Å². The molecule has 0 saturated carbocycles. The topological polar surface area (TPSA) is 92.8 Å². The molecule has 0 bridgehead atoms. The third kappa shape index (κ3) is 3.51. The lowest BCUT2D eigenvalue weighted by Crippen LogP contribution is -2.28. The van der Waals surface area contributed by atoms with Gasteiger partial charge in [-0.1, -0.05) is 17.3 Å². The van der Waals surface area contributed by atoms with Gasteiger partial charge in [0.1, 0.15) is 5.75 Å². The molecule has 0 spiro atoms. The molecule has 7 nitrogen and oxygen atoms in total. The molecule has 0 saturated heterocycles. The number of hydrogen-bond donors (Lipinski definition) is 2. The molecule has 100 valence electrons. The number of ether oxygens (including phenoxy) is 1. The summed E-state index contributed by atoms with van der Waals surface area (Å²) in [6.07, 6.45) is 0.277. The number of rotatable bonds is 5. The molecule has 2 aromatic rings. The van der Waals surface area contributed by atoms with E-state index in [1.54, 1.807) is 14.0 Å². The molecule has 19 heavy (non-hydrogen) atoms. The average molecular weight is 261 g/mol. The fraction of sp³-hybridized carbons (Fsp3) is 0.333. The van der Waals surface area contributed by atoms with Gasteiger partial charge >= 0.3 is 0 Å². The highest BCUT2D eigenvalue weighted by Crippen LogP contribution is 2.13. The lowest BCUT2D eigenvalue weighted by Gasteiger charge is -2.10. The maximum atomic E-state index is 11.9. The molecule has 1 atom stereocenters. The zero-order valence-electron chi connectivity index (χ0n) is 10.8. The van der Waals surface area contributed by atoms with Crippen LogP contribution in [0.15, 0.2) is 24.3 Å². The van der Waals surface area contributed by atoms with E-state index in [4.69, 9.17) is 4.74 Å². The molecule has 0 aliphatic heterocycles. The van der Waals surface area contributed by atoms with Crippen molar-refractivity contribution in [2.24, 2.45) is 0 Å². The van der Waals surface area contributed by atoms with Crippen molar-refractivity contribution >= 4 is 5.91 Å². The molecule has 7 heteroatoms. The van der Waals surface area contributed by atoms with Crippen molar-refractivity contribution in [2.45, 2.75) is 19.4 Å². The van der Waals surface area contributed by atoms with Crippen molar-refractivity contribution < 1.29 is 9.53 Å². The number of hydrogen-bond acceptors (Lipinski definition) is 5. The standard InChI is InChI=1S/C12H15N5O2/c1-8(12-14-16-17-15-12)13-11(18)7-9-4-3-5-10(6-9)19-2/h3-6,8H,7H2,1-2H3,(H,13,18)(H,14,15,16,17). The van der Waals surface area contributed by atoms with E-state index in [9.17, 15) is 4.79 Å². The molecule has 1 amide bonds. The van der Waals surface area contributed by atoms with Crippen LogP contribution in [0.5, 0.6) is 5.75 Å². The SMILES string of the molecule is COc1cccc(CC(=O)NC(C)c2nn[nH]n2)c1. The number of benzene rings is 1. The van der Waals surface area contributed by atoms with Crippen LogP contribution in [0, 0.1) is 0 Å². The van der Waals surface area contributed by atoms with Crippen molar-refractivity contribution in [1.29, 1.82) is 0 Å². The molecular weight excluding hydrogens is 246 g/mol. The Morgan fingerprint density at radius 2 is 2.37 bits per heavy atom. The maximum absolute atomic E-state index is 11.9. The van der Waals surface area contributed by atoms with Crippen molar-refractivity contribution in [3.8, 4) is 5.75 Å². The second-order valence-corrected chi connectivity index (χ2v) is 4.09. The molecule has 0 radical (unpaired) electrons. The van der Waals surface area contributed by atoms with Crippen LogP contribution < -0.4 is 10.1 Å². The summed E-state index contributed by atoms with van der Waals surface area (Å²) >= 11 is 0. The number of tetrazole rings is 1. The van der Waals surface area contributed by atoms with Crippen LogP contribution in [-0.4, -0.2) is 33.6 Å². The Morgan fingerprint density at radius 1 is 1.53 bits per heavy atom. The van der Waals surface area contributed by atoms with Gasteiger partial charge in [-0.05, 0) is 24.6 Å². The predicted molar refractivity (Wildman–Crippen MR) is 67.4 cm³/mol. The molecule has 2 N–H and O–H groups in total. The maximum Gasteiger partial charge on any atom is 0.225 e. The fourth-order valence-corrected chi connectivity index (χ4v) is 1.68. The average Bonchev–Trinajstić information content (AvgIpc) is 2.92. The lowest BCUT2D eigenvalue weighted by molar-refractivity contribution is -0.121. The Hall–Kier alpha value is -2.44. The Morgan fingerprint density at radius 3 is 3.05 bits per heavy atom. The van der Waals surface area contributed by atoms with Gasteiger partial charge in [-0.2, -0.15) is 5.21 Å². The monoisotopic (exact) mass is 261 g/mol. The number of carbonyl (C=O) groups is 1. The second-order valence-electron chi connectivity index (χ2n) is 4.09. The van der Waals surface area contributed by atoms with Gasteiger partial charge in [0.05, 0.1) is 19.6 Å². The van der Waals surface area contributed by atoms with Crippen LogP contribution in [0.4, 0.5) is 0 Å². The number of amides is 1. The number of aromatic nitrogens is 4. The van der Waals surface area contributed by atoms with E-state index in [0.29, 0.717) is 5.82 Å². The highest BCUT2D eigenvalue weighted by atomic mass is 16.5. The molecule has 0 aliphatic rings. The van der Waals surface area contributed by atoms with Gasteiger partial charge in [0.2, 0.25) is 5.91 Å². The summed E-state index contributed by atoms with van der Waals surface area (Å²) in [7, 11) is 1.59. The summed E-state index contributed by atoms with van der Waals surface area (Å²) in [5.41, 5.74) is 0.886. The summed E-state index contributed by atoms with van der Waals surface area (Å²) < 4.78 is 5.11. The van der Waals surface area contributed by atoms with Crippen molar-refractivity contribution in [2.75, 3.05) is 7.11 Å². The molecule has 0 aliphatic carbocycles. The summed E-state index contributed by atoms with van der Waals surface area (Å²) in [6.45, 7) is 1.80. The Kier molecular flexibility index (Phi) is 4.07. The van der Waals surface area contributed by atoms with Gasteiger partial charge < -0.3 is 10.1 Å². The van der Waals surface area contributed by atoms with Crippen molar-refractivity contribution in [3.05, 3.63) is 35.7 Å². The number of nitrogens with one attached hydrogen (secondary N) is 2. The van der Waals surface area contributed by atoms with Crippen LogP contribution in [0.2, 0.25) is 0 Å². The quantitative estimate of drug-likeness (QED) is 0.823. The van der Waals surface area contributed by atoms with Gasteiger partial charge in [0, 0.05) is 0 Å². The molecule has 2 rings (SSSR count). The third-order valence-electron chi connectivity index (χ3n) is 2.63. The highest BCUT2D eigenvalue weighted by molar-refractivity contribution is 5.79. The molecule has 1 unspecified atom stereocenters. The smallest absolute Gasteiger partial charge is 0.225 e. The predicted octanol–water partition coefficient (Wildman–Crippen LogP) is 0.628. The van der Waals surface area contributed by atoms with Crippen LogP contribution in [0.1, 0.15) is 24.4 Å². The highest BCUT2D eigenvalue weighted by Gasteiger charge is 2.13. The van der Waals surface area contributed by atoms with Crippen LogP contribution in [-0.2, 0) is 11.2 Å². The normalized spacial score (nSPS) is 11.9. The minimum Gasteiger partial charge on any atom is -0.497 e. The first kappa shape index (κ1) is 13.0. The molecular formula is C12H15N5O2. The van der Waals surface area contributed by atoms with Gasteiger partial charge in [-0.15, -0.1) is 10.2 Å². The third-order valence-corrected chi connectivity index (χ3v) is 2.63. The van der Waals surface area contributed by atoms with Gasteiger partial charge in [0.15, 0.2) is 5.82 Å². The molecule has 1 heterocycles. The van der Waals surface area contributed by atoms with E-state index in [1.165, 1.54) is 0 Å². The number of methoxy groups -OCH3 is 1. The first-order chi connectivity index (χ1) is 9.19. The first-order valence-electron chi connectivity index (χ1n) is 5.84. The van der Waals surface area contributed by atoms with E-state index < -0.39 is 0 Å². The van der Waals surface area contributed by atoms with E-state index in [1.807, 2.05) is 24.3 Å². The minimum atomic E-state index is -0.281. The first-order valence-corrected chi connectivity index (χ1v) is 5.84. The number of nitrogens with zero attached hydrogens (tertiary/aromatic N) is 3. The summed E-state index contributed by atoms with van der Waals surface area (Å²) in [5, 5.41) is 16.3. The minimum absolute atomic E-state index is 0.106. The Bertz CT molecular complexity index is 541. The van der Waals surface area contributed by atoms with E-state index in [-0.39, 0.29) is 18.4 Å². The number of aromatic amines is 1. The zero-order chi connectivity index (χ0) is 13.7. The Labute approximate surface area is 110 Å². The summed E-state index contributed by atoms with van der Waals surface area (Å²) in [5.74, 6) is 1.08. The van der Waals surface area contributed by atoms with Crippen LogP contribution in [0.25, 0.3) is 0 Å². The largest absolute Gasteiger partial charge is 0.497 e. The van der Waals surface area contributed by atoms with E-state index >= 15 is 0 Å². The zero-order valence-corrected chi connectivity index (χ0v) is 10.8. The van der Waals surface area contributed by atoms with Crippen molar-refractivity contribution in [1.82, 2.24) is 25.9 Å². The second kappa shape index (κ2) is 5.94. The van der Waals surface area contributed by atoms with E-state index in [0.717, 1.165) is 11.3 Å². The summed E-state index contributed by atoms with van der Waals surface area (Å²) in [4.78, 5) is 11.9. The molecule has 0 fully saturated rings. The summed E-state index contributed by atoms with van der Waals surface area (Å²) in [6, 6.07) is 7.12. The molecule has 1 aromatic heterocycles. The Balaban J connectivity index is 1.93. The van der Waals surface area contributed by atoms with Crippen LogP contribution in [0.3, 0.4) is 0 Å². The van der Waals surface area contributed by atoms with E-state index in [2.05, 4.69) is 25.9 Å². The van der Waals surface area contributed by atoms with Gasteiger partial charge in [-0.3, -0.25) is 4.79 Å².